The van der Waals surface area contributed by atoms with Crippen LogP contribution in [0.5, 0.6) is 0 Å². The SMILES string of the molecule is Cc1[nH]c2ccc(C(F)(F)F)cc2c1[SH]1C=CC=C1. The van der Waals surface area contributed by atoms with Gasteiger partial charge in [-0.3, -0.25) is 0 Å². The smallest absolute Gasteiger partial charge is 0.358 e. The summed E-state index contributed by atoms with van der Waals surface area (Å²) in [6.07, 6.45) is -0.416. The summed E-state index contributed by atoms with van der Waals surface area (Å²) in [6, 6.07) is 3.87. The zero-order valence-electron chi connectivity index (χ0n) is 10.1. The van der Waals surface area contributed by atoms with Crippen LogP contribution in [0.2, 0.25) is 0 Å². The van der Waals surface area contributed by atoms with Gasteiger partial charge in [-0.25, -0.2) is 0 Å². The van der Waals surface area contributed by atoms with E-state index in [0.29, 0.717) is 5.39 Å². The number of aryl methyl sites for hydroxylation is 1. The number of allylic oxidation sites excluding steroid dienone is 2. The molecule has 0 amide bonds. The molecule has 2 aromatic rings. The molecule has 1 aromatic carbocycles. The van der Waals surface area contributed by atoms with Gasteiger partial charge in [-0.15, -0.1) is 0 Å². The Labute approximate surface area is 111 Å². The van der Waals surface area contributed by atoms with Crippen molar-refractivity contribution in [3.8, 4) is 0 Å². The molecule has 19 heavy (non-hydrogen) atoms. The summed E-state index contributed by atoms with van der Waals surface area (Å²) < 4.78 is 38.4. The normalized spacial score (nSPS) is 16.7. The molecular formula is C14H12F3NS. The summed E-state index contributed by atoms with van der Waals surface area (Å²) in [4.78, 5) is 4.15. The molecule has 0 bridgehead atoms. The monoisotopic (exact) mass is 283 g/mol. The molecule has 1 nitrogen and oxygen atoms in total. The third kappa shape index (κ3) is 2.08. The lowest BCUT2D eigenvalue weighted by atomic mass is 10.1. The van der Waals surface area contributed by atoms with E-state index in [1.54, 1.807) is 0 Å². The van der Waals surface area contributed by atoms with Gasteiger partial charge in [0.25, 0.3) is 0 Å². The second-order valence-corrected chi connectivity index (χ2v) is 6.31. The van der Waals surface area contributed by atoms with Gasteiger partial charge < -0.3 is 4.98 Å². The molecular weight excluding hydrogens is 271 g/mol. The second-order valence-electron chi connectivity index (χ2n) is 4.45. The van der Waals surface area contributed by atoms with Crippen LogP contribution in [-0.2, 0) is 6.18 Å². The number of benzene rings is 1. The molecule has 3 rings (SSSR count). The highest BCUT2D eigenvalue weighted by Gasteiger charge is 2.31. The molecule has 100 valence electrons. The number of halogens is 3. The summed E-state index contributed by atoms with van der Waals surface area (Å²) in [5.41, 5.74) is 1.11. The van der Waals surface area contributed by atoms with Crippen LogP contribution in [0.4, 0.5) is 13.2 Å². The summed E-state index contributed by atoms with van der Waals surface area (Å²) >= 11 is 0. The Morgan fingerprint density at radius 1 is 1.11 bits per heavy atom. The average molecular weight is 283 g/mol. The van der Waals surface area contributed by atoms with E-state index in [9.17, 15) is 13.2 Å². The molecule has 0 saturated heterocycles. The Morgan fingerprint density at radius 3 is 2.42 bits per heavy atom. The molecule has 1 aliphatic rings. The van der Waals surface area contributed by atoms with Crippen LogP contribution >= 0.6 is 10.9 Å². The van der Waals surface area contributed by atoms with Crippen LogP contribution in [0.15, 0.2) is 46.1 Å². The summed E-state index contributed by atoms with van der Waals surface area (Å²) in [7, 11) is -0.632. The Kier molecular flexibility index (Phi) is 2.74. The van der Waals surface area contributed by atoms with Crippen molar-refractivity contribution in [2.75, 3.05) is 0 Å². The van der Waals surface area contributed by atoms with Gasteiger partial charge in [-0.1, -0.05) is 12.2 Å². The molecule has 5 heteroatoms. The maximum Gasteiger partial charge on any atom is 0.416 e. The minimum atomic E-state index is -4.30. The lowest BCUT2D eigenvalue weighted by molar-refractivity contribution is -0.137. The Morgan fingerprint density at radius 2 is 1.79 bits per heavy atom. The summed E-state index contributed by atoms with van der Waals surface area (Å²) in [5, 5.41) is 4.77. The number of nitrogens with one attached hydrogen (secondary N) is 1. The van der Waals surface area contributed by atoms with Gasteiger partial charge in [0.1, 0.15) is 0 Å². The van der Waals surface area contributed by atoms with Crippen molar-refractivity contribution in [3.05, 3.63) is 52.4 Å². The molecule has 0 spiro atoms. The molecule has 0 radical (unpaired) electrons. The number of hydrogen-bond donors (Lipinski definition) is 2. The van der Waals surface area contributed by atoms with Crippen LogP contribution < -0.4 is 0 Å². The third-order valence-corrected chi connectivity index (χ3v) is 5.22. The predicted molar refractivity (Wildman–Crippen MR) is 73.6 cm³/mol. The first-order valence-corrected chi connectivity index (χ1v) is 7.27. The molecule has 0 fully saturated rings. The minimum absolute atomic E-state index is 0.595. The highest BCUT2D eigenvalue weighted by Crippen LogP contribution is 2.48. The van der Waals surface area contributed by atoms with Crippen molar-refractivity contribution in [2.45, 2.75) is 18.0 Å². The van der Waals surface area contributed by atoms with E-state index in [2.05, 4.69) is 4.98 Å². The first kappa shape index (κ1) is 12.4. The van der Waals surface area contributed by atoms with Gasteiger partial charge in [-0.2, -0.15) is 24.1 Å². The van der Waals surface area contributed by atoms with E-state index in [-0.39, 0.29) is 0 Å². The summed E-state index contributed by atoms with van der Waals surface area (Å²) in [5.74, 6) is 0. The van der Waals surface area contributed by atoms with E-state index in [4.69, 9.17) is 0 Å². The topological polar surface area (TPSA) is 15.8 Å². The molecule has 1 aromatic heterocycles. The van der Waals surface area contributed by atoms with E-state index >= 15 is 0 Å². The highest BCUT2D eigenvalue weighted by atomic mass is 32.2. The number of H-pyrrole nitrogens is 1. The maximum absolute atomic E-state index is 12.8. The standard InChI is InChI=1S/C14H12F3NS/c1-9-13(19-6-2-3-7-19)11-8-10(14(15,16)17)4-5-12(11)18-9/h2-8,18-19H,1H3. The van der Waals surface area contributed by atoms with Crippen LogP contribution in [0.1, 0.15) is 11.3 Å². The fourth-order valence-corrected chi connectivity index (χ4v) is 4.18. The van der Waals surface area contributed by atoms with E-state index < -0.39 is 22.6 Å². The molecule has 0 unspecified atom stereocenters. The Balaban J connectivity index is 2.23. The number of fused-ring (bicyclic) bond motifs is 1. The molecule has 0 atom stereocenters. The maximum atomic E-state index is 12.8. The summed E-state index contributed by atoms with van der Waals surface area (Å²) in [6.45, 7) is 1.91. The van der Waals surface area contributed by atoms with Crippen molar-refractivity contribution in [1.82, 2.24) is 4.98 Å². The molecule has 1 N–H and O–H groups in total. The largest absolute Gasteiger partial charge is 0.416 e. The zero-order chi connectivity index (χ0) is 13.6. The number of aromatic amines is 1. The molecule has 1 aliphatic heterocycles. The van der Waals surface area contributed by atoms with Crippen molar-refractivity contribution < 1.29 is 13.2 Å². The quantitative estimate of drug-likeness (QED) is 0.693. The number of hydrogen-bond acceptors (Lipinski definition) is 0. The van der Waals surface area contributed by atoms with E-state index in [1.165, 1.54) is 12.1 Å². The van der Waals surface area contributed by atoms with Crippen LogP contribution in [0, 0.1) is 6.92 Å². The van der Waals surface area contributed by atoms with Gasteiger partial charge in [0.05, 0.1) is 5.56 Å². The first-order valence-electron chi connectivity index (χ1n) is 5.79. The van der Waals surface area contributed by atoms with Crippen LogP contribution in [-0.4, -0.2) is 4.98 Å². The van der Waals surface area contributed by atoms with Crippen molar-refractivity contribution in [2.24, 2.45) is 0 Å². The highest BCUT2D eigenvalue weighted by molar-refractivity contribution is 8.22. The van der Waals surface area contributed by atoms with Crippen molar-refractivity contribution in [1.29, 1.82) is 0 Å². The lowest BCUT2D eigenvalue weighted by Gasteiger charge is -2.12. The number of rotatable bonds is 1. The Hall–Kier alpha value is -1.62. The Bertz CT molecular complexity index is 683. The van der Waals surface area contributed by atoms with Gasteiger partial charge in [-0.05, 0) is 35.9 Å². The first-order chi connectivity index (χ1) is 8.97. The third-order valence-electron chi connectivity index (χ3n) is 3.14. The number of alkyl halides is 3. The fraction of sp³-hybridized carbons (Fsp3) is 0.143. The molecule has 0 saturated carbocycles. The van der Waals surface area contributed by atoms with Gasteiger partial charge in [0.15, 0.2) is 0 Å². The van der Waals surface area contributed by atoms with E-state index in [0.717, 1.165) is 22.2 Å². The predicted octanol–water partition coefficient (Wildman–Crippen LogP) is 4.90. The van der Waals surface area contributed by atoms with Gasteiger partial charge >= 0.3 is 6.18 Å². The fourth-order valence-electron chi connectivity index (χ4n) is 2.31. The van der Waals surface area contributed by atoms with Crippen molar-refractivity contribution >= 4 is 21.8 Å². The van der Waals surface area contributed by atoms with Gasteiger partial charge in [0, 0.05) is 21.5 Å². The number of aromatic nitrogens is 1. The minimum Gasteiger partial charge on any atom is -0.358 e. The van der Waals surface area contributed by atoms with Gasteiger partial charge in [0.2, 0.25) is 0 Å². The molecule has 0 aliphatic carbocycles. The second kappa shape index (κ2) is 4.20. The zero-order valence-corrected chi connectivity index (χ0v) is 11.0. The average Bonchev–Trinajstić information content (AvgIpc) is 2.92. The van der Waals surface area contributed by atoms with Crippen LogP contribution in [0.3, 0.4) is 0 Å². The molecule has 2 heterocycles. The van der Waals surface area contributed by atoms with Crippen LogP contribution in [0.25, 0.3) is 10.9 Å². The lowest BCUT2D eigenvalue weighted by Crippen LogP contribution is -2.04. The van der Waals surface area contributed by atoms with Crippen molar-refractivity contribution in [3.63, 3.8) is 0 Å². The number of thiol groups is 1. The van der Waals surface area contributed by atoms with E-state index in [1.807, 2.05) is 29.9 Å².